The highest BCUT2D eigenvalue weighted by Crippen LogP contribution is 2.25. The van der Waals surface area contributed by atoms with Gasteiger partial charge in [-0.15, -0.1) is 11.3 Å². The van der Waals surface area contributed by atoms with Crippen molar-refractivity contribution in [2.45, 2.75) is 90.5 Å². The predicted molar refractivity (Wildman–Crippen MR) is 93.4 cm³/mol. The third kappa shape index (κ3) is 7.93. The largest absolute Gasteiger partial charge is 0.271 e. The molecule has 1 unspecified atom stereocenters. The Labute approximate surface area is 134 Å². The van der Waals surface area contributed by atoms with Crippen molar-refractivity contribution < 1.29 is 0 Å². The number of nitrogens with one attached hydrogen (secondary N) is 1. The van der Waals surface area contributed by atoms with Gasteiger partial charge >= 0.3 is 0 Å². The molecule has 3 N–H and O–H groups in total. The molecule has 0 saturated carbocycles. The average molecular weight is 312 g/mol. The fourth-order valence-corrected chi connectivity index (χ4v) is 3.67. The number of aryl methyl sites for hydroxylation is 1. The minimum atomic E-state index is 0.284. The molecule has 1 aromatic heterocycles. The summed E-state index contributed by atoms with van der Waals surface area (Å²) >= 11 is 1.71. The SMILES string of the molecule is CCCCCCCCCCCCC(NN)c1scnc1C. The summed E-state index contributed by atoms with van der Waals surface area (Å²) in [5.74, 6) is 5.68. The predicted octanol–water partition coefficient (Wildman–Crippen LogP) is 5.27. The van der Waals surface area contributed by atoms with E-state index in [9.17, 15) is 0 Å². The van der Waals surface area contributed by atoms with E-state index in [0.717, 1.165) is 12.1 Å². The smallest absolute Gasteiger partial charge is 0.0798 e. The van der Waals surface area contributed by atoms with Crippen molar-refractivity contribution >= 4 is 11.3 Å². The van der Waals surface area contributed by atoms with Crippen LogP contribution in [-0.2, 0) is 0 Å². The van der Waals surface area contributed by atoms with Crippen LogP contribution in [0.1, 0.15) is 94.2 Å². The molecule has 0 spiro atoms. The van der Waals surface area contributed by atoms with Crippen molar-refractivity contribution in [3.63, 3.8) is 0 Å². The maximum Gasteiger partial charge on any atom is 0.0798 e. The summed E-state index contributed by atoms with van der Waals surface area (Å²) in [6, 6.07) is 0.284. The van der Waals surface area contributed by atoms with E-state index in [1.807, 2.05) is 5.51 Å². The molecule has 1 atom stereocenters. The van der Waals surface area contributed by atoms with Gasteiger partial charge in [-0.1, -0.05) is 71.1 Å². The molecule has 0 bridgehead atoms. The van der Waals surface area contributed by atoms with Crippen LogP contribution in [0.2, 0.25) is 0 Å². The molecular weight excluding hydrogens is 278 g/mol. The summed E-state index contributed by atoms with van der Waals surface area (Å²) in [7, 11) is 0. The van der Waals surface area contributed by atoms with Gasteiger partial charge in [-0.3, -0.25) is 11.3 Å². The van der Waals surface area contributed by atoms with Crippen LogP contribution in [0, 0.1) is 6.92 Å². The van der Waals surface area contributed by atoms with Crippen molar-refractivity contribution in [3.05, 3.63) is 16.1 Å². The normalized spacial score (nSPS) is 12.7. The zero-order valence-corrected chi connectivity index (χ0v) is 14.7. The summed E-state index contributed by atoms with van der Waals surface area (Å²) in [6.45, 7) is 4.34. The number of aromatic nitrogens is 1. The quantitative estimate of drug-likeness (QED) is 0.296. The zero-order valence-electron chi connectivity index (χ0n) is 13.9. The molecule has 3 nitrogen and oxygen atoms in total. The number of hydrazine groups is 1. The van der Waals surface area contributed by atoms with Gasteiger partial charge in [0.1, 0.15) is 0 Å². The highest BCUT2D eigenvalue weighted by atomic mass is 32.1. The summed E-state index contributed by atoms with van der Waals surface area (Å²) in [5, 5.41) is 0. The van der Waals surface area contributed by atoms with E-state index in [1.54, 1.807) is 11.3 Å². The zero-order chi connectivity index (χ0) is 15.3. The Morgan fingerprint density at radius 1 is 1.05 bits per heavy atom. The van der Waals surface area contributed by atoms with Gasteiger partial charge in [-0.25, -0.2) is 4.98 Å². The lowest BCUT2D eigenvalue weighted by molar-refractivity contribution is 0.477. The maximum absolute atomic E-state index is 5.68. The number of hydrogen-bond donors (Lipinski definition) is 2. The lowest BCUT2D eigenvalue weighted by Gasteiger charge is -2.14. The monoisotopic (exact) mass is 311 g/mol. The third-order valence-corrected chi connectivity index (χ3v) is 5.19. The summed E-state index contributed by atoms with van der Waals surface area (Å²) < 4.78 is 0. The summed E-state index contributed by atoms with van der Waals surface area (Å²) in [6.07, 6.45) is 14.9. The molecule has 0 amide bonds. The number of rotatable bonds is 13. The first-order valence-corrected chi connectivity index (χ1v) is 9.53. The molecular formula is C17H33N3S. The van der Waals surface area contributed by atoms with Gasteiger partial charge in [-0.05, 0) is 13.3 Å². The van der Waals surface area contributed by atoms with Crippen molar-refractivity contribution in [2.75, 3.05) is 0 Å². The van der Waals surface area contributed by atoms with Crippen LogP contribution < -0.4 is 11.3 Å². The Morgan fingerprint density at radius 3 is 2.10 bits per heavy atom. The number of nitrogens with two attached hydrogens (primary N) is 1. The summed E-state index contributed by atoms with van der Waals surface area (Å²) in [4.78, 5) is 5.61. The molecule has 1 heterocycles. The van der Waals surface area contributed by atoms with Crippen LogP contribution in [-0.4, -0.2) is 4.98 Å². The Bertz CT molecular complexity index is 352. The number of unbranched alkanes of at least 4 members (excludes halogenated alkanes) is 9. The molecule has 1 rings (SSSR count). The molecule has 0 radical (unpaired) electrons. The molecule has 0 fully saturated rings. The van der Waals surface area contributed by atoms with Gasteiger partial charge in [0.25, 0.3) is 0 Å². The van der Waals surface area contributed by atoms with Crippen molar-refractivity contribution in [3.8, 4) is 0 Å². The molecule has 21 heavy (non-hydrogen) atoms. The van der Waals surface area contributed by atoms with Gasteiger partial charge in [-0.2, -0.15) is 0 Å². The van der Waals surface area contributed by atoms with Gasteiger partial charge < -0.3 is 0 Å². The fourth-order valence-electron chi connectivity index (χ4n) is 2.77. The van der Waals surface area contributed by atoms with E-state index in [4.69, 9.17) is 5.84 Å². The lowest BCUT2D eigenvalue weighted by atomic mass is 10.0. The van der Waals surface area contributed by atoms with Gasteiger partial charge in [0.05, 0.1) is 17.2 Å². The molecule has 4 heteroatoms. The second-order valence-electron chi connectivity index (χ2n) is 5.99. The molecule has 0 aromatic carbocycles. The highest BCUT2D eigenvalue weighted by molar-refractivity contribution is 7.09. The molecule has 0 aliphatic heterocycles. The summed E-state index contributed by atoms with van der Waals surface area (Å²) in [5.41, 5.74) is 5.98. The highest BCUT2D eigenvalue weighted by Gasteiger charge is 2.13. The van der Waals surface area contributed by atoms with Crippen molar-refractivity contribution in [1.82, 2.24) is 10.4 Å². The van der Waals surface area contributed by atoms with E-state index in [-0.39, 0.29) is 6.04 Å². The van der Waals surface area contributed by atoms with Crippen LogP contribution >= 0.6 is 11.3 Å². The van der Waals surface area contributed by atoms with Crippen molar-refractivity contribution in [2.24, 2.45) is 5.84 Å². The number of hydrogen-bond acceptors (Lipinski definition) is 4. The minimum Gasteiger partial charge on any atom is -0.271 e. The first kappa shape index (κ1) is 18.6. The average Bonchev–Trinajstić information content (AvgIpc) is 2.91. The second kappa shape index (κ2) is 12.1. The topological polar surface area (TPSA) is 50.9 Å². The first-order chi connectivity index (χ1) is 10.3. The molecule has 0 aliphatic carbocycles. The standard InChI is InChI=1S/C17H33N3S/c1-3-4-5-6-7-8-9-10-11-12-13-16(20-18)17-15(2)19-14-21-17/h14,16,20H,3-13,18H2,1-2H3. The van der Waals surface area contributed by atoms with Gasteiger partial charge in [0.2, 0.25) is 0 Å². The van der Waals surface area contributed by atoms with Crippen molar-refractivity contribution in [1.29, 1.82) is 0 Å². The van der Waals surface area contributed by atoms with Gasteiger partial charge in [0, 0.05) is 4.88 Å². The van der Waals surface area contributed by atoms with Crippen LogP contribution in [0.15, 0.2) is 5.51 Å². The number of thiazole rings is 1. The number of nitrogens with zero attached hydrogens (tertiary/aromatic N) is 1. The van der Waals surface area contributed by atoms with E-state index in [2.05, 4.69) is 24.3 Å². The third-order valence-electron chi connectivity index (χ3n) is 4.15. The Kier molecular flexibility index (Phi) is 10.7. The van der Waals surface area contributed by atoms with E-state index in [1.165, 1.54) is 69.1 Å². The second-order valence-corrected chi connectivity index (χ2v) is 6.88. The van der Waals surface area contributed by atoms with E-state index < -0.39 is 0 Å². The molecule has 1 aromatic rings. The molecule has 0 saturated heterocycles. The molecule has 122 valence electrons. The van der Waals surface area contributed by atoms with Crippen LogP contribution in [0.25, 0.3) is 0 Å². The van der Waals surface area contributed by atoms with Crippen LogP contribution in [0.3, 0.4) is 0 Å². The van der Waals surface area contributed by atoms with Gasteiger partial charge in [0.15, 0.2) is 0 Å². The van der Waals surface area contributed by atoms with Crippen LogP contribution in [0.5, 0.6) is 0 Å². The van der Waals surface area contributed by atoms with E-state index in [0.29, 0.717) is 0 Å². The first-order valence-electron chi connectivity index (χ1n) is 8.65. The lowest BCUT2D eigenvalue weighted by Crippen LogP contribution is -2.27. The molecule has 0 aliphatic rings. The Morgan fingerprint density at radius 2 is 1.62 bits per heavy atom. The van der Waals surface area contributed by atoms with E-state index >= 15 is 0 Å². The van der Waals surface area contributed by atoms with Crippen LogP contribution in [0.4, 0.5) is 0 Å². The Hall–Kier alpha value is -0.450. The fraction of sp³-hybridized carbons (Fsp3) is 0.824. The maximum atomic E-state index is 5.68. The Balaban J connectivity index is 1.99. The minimum absolute atomic E-state index is 0.284.